The SMILES string of the molecule is FC(F)(CCCc1ccc2c(c1)OCO2)Sc1ccccc1. The molecule has 22 heavy (non-hydrogen) atoms. The van der Waals surface area contributed by atoms with Gasteiger partial charge < -0.3 is 9.47 Å². The van der Waals surface area contributed by atoms with Gasteiger partial charge in [-0.2, -0.15) is 8.78 Å². The van der Waals surface area contributed by atoms with Crippen LogP contribution in [0.5, 0.6) is 11.5 Å². The molecule has 0 aliphatic carbocycles. The van der Waals surface area contributed by atoms with Gasteiger partial charge in [-0.3, -0.25) is 0 Å². The number of hydrogen-bond acceptors (Lipinski definition) is 3. The fourth-order valence-corrected chi connectivity index (χ4v) is 3.19. The highest BCUT2D eigenvalue weighted by Gasteiger charge is 2.29. The molecule has 0 spiro atoms. The molecule has 0 saturated carbocycles. The van der Waals surface area contributed by atoms with Gasteiger partial charge in [-0.15, -0.1) is 0 Å². The zero-order valence-electron chi connectivity index (χ0n) is 11.9. The minimum Gasteiger partial charge on any atom is -0.454 e. The fourth-order valence-electron chi connectivity index (χ4n) is 2.31. The average Bonchev–Trinajstić information content (AvgIpc) is 2.95. The number of benzene rings is 2. The van der Waals surface area contributed by atoms with Crippen molar-refractivity contribution in [2.75, 3.05) is 6.79 Å². The minimum absolute atomic E-state index is 0.152. The van der Waals surface area contributed by atoms with Gasteiger partial charge in [0.1, 0.15) is 0 Å². The lowest BCUT2D eigenvalue weighted by Gasteiger charge is -2.15. The van der Waals surface area contributed by atoms with Crippen molar-refractivity contribution in [2.45, 2.75) is 29.4 Å². The van der Waals surface area contributed by atoms with Crippen molar-refractivity contribution in [3.8, 4) is 11.5 Å². The second-order valence-corrected chi connectivity index (χ2v) is 6.37. The summed E-state index contributed by atoms with van der Waals surface area (Å²) in [5.41, 5.74) is 0.991. The van der Waals surface area contributed by atoms with Gasteiger partial charge in [0.05, 0.1) is 0 Å². The van der Waals surface area contributed by atoms with E-state index < -0.39 is 5.25 Å². The van der Waals surface area contributed by atoms with E-state index in [0.29, 0.717) is 41.0 Å². The maximum Gasteiger partial charge on any atom is 0.298 e. The summed E-state index contributed by atoms with van der Waals surface area (Å²) in [7, 11) is 0. The first-order valence-corrected chi connectivity index (χ1v) is 7.94. The molecule has 2 nitrogen and oxygen atoms in total. The molecule has 0 N–H and O–H groups in total. The Hall–Kier alpha value is -1.75. The Morgan fingerprint density at radius 2 is 1.77 bits per heavy atom. The molecular formula is C17H16F2O2S. The van der Waals surface area contributed by atoms with Crippen LogP contribution in [0.15, 0.2) is 53.4 Å². The summed E-state index contributed by atoms with van der Waals surface area (Å²) in [5.74, 6) is 1.41. The molecule has 2 aromatic carbocycles. The molecule has 3 rings (SSSR count). The summed E-state index contributed by atoms with van der Waals surface area (Å²) in [6.07, 6.45) is 0.870. The van der Waals surface area contributed by atoms with E-state index in [1.54, 1.807) is 24.3 Å². The first-order valence-electron chi connectivity index (χ1n) is 7.13. The van der Waals surface area contributed by atoms with Crippen LogP contribution in [0.2, 0.25) is 0 Å². The highest BCUT2D eigenvalue weighted by molar-refractivity contribution is 8.00. The number of rotatable bonds is 6. The van der Waals surface area contributed by atoms with E-state index in [1.807, 2.05) is 24.3 Å². The second-order valence-electron chi connectivity index (χ2n) is 5.09. The Morgan fingerprint density at radius 1 is 1.00 bits per heavy atom. The van der Waals surface area contributed by atoms with Gasteiger partial charge in [0.2, 0.25) is 6.79 Å². The van der Waals surface area contributed by atoms with Gasteiger partial charge in [-0.05, 0) is 42.7 Å². The molecule has 0 radical (unpaired) electrons. The monoisotopic (exact) mass is 322 g/mol. The molecule has 5 heteroatoms. The number of halogens is 2. The molecule has 0 atom stereocenters. The zero-order chi connectivity index (χ0) is 15.4. The summed E-state index contributed by atoms with van der Waals surface area (Å²) in [6.45, 7) is 0.227. The van der Waals surface area contributed by atoms with E-state index >= 15 is 0 Å². The van der Waals surface area contributed by atoms with Crippen LogP contribution in [-0.4, -0.2) is 12.0 Å². The van der Waals surface area contributed by atoms with Crippen molar-refractivity contribution < 1.29 is 18.3 Å². The highest BCUT2D eigenvalue weighted by Crippen LogP contribution is 2.39. The maximum atomic E-state index is 14.0. The predicted octanol–water partition coefficient (Wildman–Crippen LogP) is 5.12. The molecule has 1 heterocycles. The molecule has 0 aromatic heterocycles. The molecule has 0 fully saturated rings. The van der Waals surface area contributed by atoms with Crippen LogP contribution in [-0.2, 0) is 6.42 Å². The molecule has 2 aromatic rings. The van der Waals surface area contributed by atoms with Crippen LogP contribution in [0, 0.1) is 0 Å². The average molecular weight is 322 g/mol. The third kappa shape index (κ3) is 3.91. The molecule has 116 valence electrons. The molecular weight excluding hydrogens is 306 g/mol. The number of ether oxygens (including phenoxy) is 2. The summed E-state index contributed by atoms with van der Waals surface area (Å²) in [5, 5.41) is -2.75. The van der Waals surface area contributed by atoms with Crippen molar-refractivity contribution >= 4 is 11.8 Å². The van der Waals surface area contributed by atoms with Crippen LogP contribution in [0.3, 0.4) is 0 Å². The summed E-state index contributed by atoms with van der Waals surface area (Å²) >= 11 is 0.623. The van der Waals surface area contributed by atoms with Crippen molar-refractivity contribution in [3.63, 3.8) is 0 Å². The lowest BCUT2D eigenvalue weighted by Crippen LogP contribution is -2.10. The second kappa shape index (κ2) is 6.57. The Balaban J connectivity index is 1.51. The van der Waals surface area contributed by atoms with Crippen molar-refractivity contribution in [3.05, 3.63) is 54.1 Å². The van der Waals surface area contributed by atoms with Gasteiger partial charge in [0, 0.05) is 11.3 Å². The Bertz CT molecular complexity index is 632. The lowest BCUT2D eigenvalue weighted by molar-refractivity contribution is 0.0932. The summed E-state index contributed by atoms with van der Waals surface area (Å²) < 4.78 is 38.4. The van der Waals surface area contributed by atoms with Crippen LogP contribution in [0.1, 0.15) is 18.4 Å². The smallest absolute Gasteiger partial charge is 0.298 e. The van der Waals surface area contributed by atoms with Crippen LogP contribution in [0.25, 0.3) is 0 Å². The quantitative estimate of drug-likeness (QED) is 0.688. The van der Waals surface area contributed by atoms with Gasteiger partial charge in [-0.1, -0.05) is 36.0 Å². The van der Waals surface area contributed by atoms with Gasteiger partial charge >= 0.3 is 0 Å². The van der Waals surface area contributed by atoms with Crippen LogP contribution >= 0.6 is 11.8 Å². The van der Waals surface area contributed by atoms with Gasteiger partial charge in [0.15, 0.2) is 11.5 Å². The van der Waals surface area contributed by atoms with Gasteiger partial charge in [0.25, 0.3) is 5.25 Å². The molecule has 0 saturated heterocycles. The van der Waals surface area contributed by atoms with E-state index in [9.17, 15) is 8.78 Å². The highest BCUT2D eigenvalue weighted by atomic mass is 32.2. The third-order valence-electron chi connectivity index (χ3n) is 3.38. The Kier molecular flexibility index (Phi) is 4.52. The summed E-state index contributed by atoms with van der Waals surface area (Å²) in [4.78, 5) is 0.593. The van der Waals surface area contributed by atoms with Crippen LogP contribution < -0.4 is 9.47 Å². The molecule has 0 unspecified atom stereocenters. The third-order valence-corrected chi connectivity index (χ3v) is 4.39. The number of hydrogen-bond donors (Lipinski definition) is 0. The molecule has 0 bridgehead atoms. The first-order chi connectivity index (χ1) is 10.6. The van der Waals surface area contributed by atoms with Crippen molar-refractivity contribution in [1.82, 2.24) is 0 Å². The number of fused-ring (bicyclic) bond motifs is 1. The first kappa shape index (κ1) is 15.2. The van der Waals surface area contributed by atoms with E-state index in [0.717, 1.165) is 5.56 Å². The maximum absolute atomic E-state index is 14.0. The normalized spacial score (nSPS) is 13.4. The fraction of sp³-hybridized carbons (Fsp3) is 0.294. The number of aryl methyl sites for hydroxylation is 1. The lowest BCUT2D eigenvalue weighted by atomic mass is 10.1. The van der Waals surface area contributed by atoms with Crippen LogP contribution in [0.4, 0.5) is 8.78 Å². The number of thioether (sulfide) groups is 1. The van der Waals surface area contributed by atoms with E-state index in [4.69, 9.17) is 9.47 Å². The Labute approximate surface area is 132 Å². The van der Waals surface area contributed by atoms with E-state index in [-0.39, 0.29) is 13.2 Å². The van der Waals surface area contributed by atoms with Crippen molar-refractivity contribution in [2.24, 2.45) is 0 Å². The topological polar surface area (TPSA) is 18.5 Å². The molecule has 0 amide bonds. The molecule has 1 aliphatic rings. The molecule has 1 aliphatic heterocycles. The van der Waals surface area contributed by atoms with Gasteiger partial charge in [-0.25, -0.2) is 0 Å². The predicted molar refractivity (Wildman–Crippen MR) is 82.7 cm³/mol. The van der Waals surface area contributed by atoms with Crippen molar-refractivity contribution in [1.29, 1.82) is 0 Å². The zero-order valence-corrected chi connectivity index (χ0v) is 12.7. The standard InChI is InChI=1S/C17H16F2O2S/c18-17(19,22-14-6-2-1-3-7-14)10-4-5-13-8-9-15-16(11-13)21-12-20-15/h1-3,6-9,11H,4-5,10,12H2. The Morgan fingerprint density at radius 3 is 2.59 bits per heavy atom. The minimum atomic E-state index is -2.75. The summed E-state index contributed by atoms with van der Waals surface area (Å²) in [6, 6.07) is 14.4. The van der Waals surface area contributed by atoms with E-state index in [2.05, 4.69) is 0 Å². The van der Waals surface area contributed by atoms with E-state index in [1.165, 1.54) is 0 Å². The number of alkyl halides is 2. The largest absolute Gasteiger partial charge is 0.454 e.